The van der Waals surface area contributed by atoms with Gasteiger partial charge in [0.25, 0.3) is 0 Å². The van der Waals surface area contributed by atoms with Crippen LogP contribution in [-0.4, -0.2) is 11.3 Å². The third kappa shape index (κ3) is 4.38. The Balaban J connectivity index is 2.82. The van der Waals surface area contributed by atoms with Crippen LogP contribution in [-0.2, 0) is 5.60 Å². The van der Waals surface area contributed by atoms with Crippen LogP contribution in [0.1, 0.15) is 38.2 Å². The summed E-state index contributed by atoms with van der Waals surface area (Å²) >= 11 is 0. The molecule has 0 amide bonds. The van der Waals surface area contributed by atoms with Crippen LogP contribution in [0.3, 0.4) is 0 Å². The molecule has 0 fully saturated rings. The quantitative estimate of drug-likeness (QED) is 0.832. The number of hydrogen-bond donors (Lipinski definition) is 1. The maximum atomic E-state index is 12.2. The molecule has 0 heterocycles. The highest BCUT2D eigenvalue weighted by Crippen LogP contribution is 2.35. The summed E-state index contributed by atoms with van der Waals surface area (Å²) in [4.78, 5) is 0. The minimum atomic E-state index is -4.23. The van der Waals surface area contributed by atoms with Crippen LogP contribution in [0.25, 0.3) is 0 Å². The number of alkyl halides is 3. The minimum absolute atomic E-state index is 0.283. The van der Waals surface area contributed by atoms with E-state index in [0.29, 0.717) is 18.4 Å². The van der Waals surface area contributed by atoms with Crippen molar-refractivity contribution in [3.8, 4) is 0 Å². The van der Waals surface area contributed by atoms with Gasteiger partial charge >= 0.3 is 6.18 Å². The highest BCUT2D eigenvalue weighted by molar-refractivity contribution is 5.22. The molecule has 0 bridgehead atoms. The minimum Gasteiger partial charge on any atom is -0.385 e. The maximum Gasteiger partial charge on any atom is 0.389 e. The summed E-state index contributed by atoms with van der Waals surface area (Å²) in [6, 6.07) is 8.57. The summed E-state index contributed by atoms with van der Waals surface area (Å²) < 4.78 is 36.7. The fourth-order valence-electron chi connectivity index (χ4n) is 1.92. The third-order valence-corrected chi connectivity index (χ3v) is 2.80. The van der Waals surface area contributed by atoms with Crippen molar-refractivity contribution in [2.45, 2.75) is 44.4 Å². The molecule has 1 unspecified atom stereocenters. The second-order valence-corrected chi connectivity index (χ2v) is 4.26. The van der Waals surface area contributed by atoms with Crippen molar-refractivity contribution >= 4 is 0 Å². The van der Waals surface area contributed by atoms with Crippen molar-refractivity contribution in [2.24, 2.45) is 0 Å². The van der Waals surface area contributed by atoms with Gasteiger partial charge < -0.3 is 5.11 Å². The number of aliphatic hydroxyl groups is 1. The maximum absolute atomic E-state index is 12.2. The average molecular weight is 246 g/mol. The van der Waals surface area contributed by atoms with E-state index < -0.39 is 18.2 Å². The van der Waals surface area contributed by atoms with Crippen molar-refractivity contribution in [3.63, 3.8) is 0 Å². The van der Waals surface area contributed by atoms with Gasteiger partial charge in [-0.2, -0.15) is 13.2 Å². The molecule has 0 spiro atoms. The first-order valence-electron chi connectivity index (χ1n) is 5.72. The SMILES string of the molecule is CCCC(O)(CCC(F)(F)F)c1ccccc1. The molecule has 0 saturated carbocycles. The Labute approximate surface area is 99.3 Å². The van der Waals surface area contributed by atoms with Crippen LogP contribution in [0.15, 0.2) is 30.3 Å². The number of halogens is 3. The molecule has 96 valence electrons. The molecule has 0 radical (unpaired) electrons. The zero-order valence-electron chi connectivity index (χ0n) is 9.80. The normalized spacial score (nSPS) is 15.6. The van der Waals surface area contributed by atoms with Gasteiger partial charge in [0, 0.05) is 6.42 Å². The number of hydrogen-bond acceptors (Lipinski definition) is 1. The van der Waals surface area contributed by atoms with E-state index in [9.17, 15) is 18.3 Å². The second kappa shape index (κ2) is 5.54. The van der Waals surface area contributed by atoms with Crippen molar-refractivity contribution in [1.29, 1.82) is 0 Å². The first-order valence-corrected chi connectivity index (χ1v) is 5.72. The monoisotopic (exact) mass is 246 g/mol. The summed E-state index contributed by atoms with van der Waals surface area (Å²) in [6.07, 6.45) is -4.49. The van der Waals surface area contributed by atoms with Gasteiger partial charge in [-0.3, -0.25) is 0 Å². The second-order valence-electron chi connectivity index (χ2n) is 4.26. The molecule has 1 N–H and O–H groups in total. The average Bonchev–Trinajstić information content (AvgIpc) is 2.27. The Kier molecular flexibility index (Phi) is 4.57. The van der Waals surface area contributed by atoms with Crippen LogP contribution in [0.4, 0.5) is 13.2 Å². The molecule has 1 nitrogen and oxygen atoms in total. The van der Waals surface area contributed by atoms with Crippen LogP contribution >= 0.6 is 0 Å². The van der Waals surface area contributed by atoms with Gasteiger partial charge in [-0.1, -0.05) is 43.7 Å². The van der Waals surface area contributed by atoms with Gasteiger partial charge in [-0.05, 0) is 18.4 Å². The molecule has 0 aliphatic carbocycles. The fraction of sp³-hybridized carbons (Fsp3) is 0.538. The molecule has 1 atom stereocenters. The molecule has 0 aliphatic heterocycles. The molecule has 4 heteroatoms. The molecule has 0 saturated heterocycles. The van der Waals surface area contributed by atoms with Crippen molar-refractivity contribution in [2.75, 3.05) is 0 Å². The van der Waals surface area contributed by atoms with Gasteiger partial charge in [0.1, 0.15) is 0 Å². The van der Waals surface area contributed by atoms with Gasteiger partial charge in [0.15, 0.2) is 0 Å². The van der Waals surface area contributed by atoms with E-state index in [-0.39, 0.29) is 6.42 Å². The standard InChI is InChI=1S/C13H17F3O/c1-2-8-12(17,9-10-13(14,15)16)11-6-4-3-5-7-11/h3-7,17H,2,8-10H2,1H3. The lowest BCUT2D eigenvalue weighted by atomic mass is 9.85. The molecule has 17 heavy (non-hydrogen) atoms. The molecular weight excluding hydrogens is 229 g/mol. The van der Waals surface area contributed by atoms with Gasteiger partial charge in [-0.25, -0.2) is 0 Å². The molecule has 1 aromatic rings. The Bertz CT molecular complexity index is 334. The zero-order chi connectivity index (χ0) is 12.9. The van der Waals surface area contributed by atoms with E-state index in [4.69, 9.17) is 0 Å². The third-order valence-electron chi connectivity index (χ3n) is 2.80. The van der Waals surface area contributed by atoms with E-state index in [2.05, 4.69) is 0 Å². The van der Waals surface area contributed by atoms with E-state index in [1.807, 2.05) is 6.92 Å². The van der Waals surface area contributed by atoms with E-state index in [1.54, 1.807) is 30.3 Å². The predicted octanol–water partition coefficient (Wildman–Crippen LogP) is 4.02. The Hall–Kier alpha value is -1.03. The van der Waals surface area contributed by atoms with Crippen LogP contribution in [0, 0.1) is 0 Å². The number of rotatable bonds is 5. The smallest absolute Gasteiger partial charge is 0.385 e. The Morgan fingerprint density at radius 2 is 1.59 bits per heavy atom. The first-order chi connectivity index (χ1) is 7.87. The van der Waals surface area contributed by atoms with E-state index >= 15 is 0 Å². The van der Waals surface area contributed by atoms with Gasteiger partial charge in [-0.15, -0.1) is 0 Å². The molecule has 1 rings (SSSR count). The van der Waals surface area contributed by atoms with Crippen molar-refractivity contribution in [1.82, 2.24) is 0 Å². The highest BCUT2D eigenvalue weighted by Gasteiger charge is 2.35. The first kappa shape index (κ1) is 14.0. The molecular formula is C13H17F3O. The molecule has 1 aromatic carbocycles. The molecule has 0 aliphatic rings. The summed E-state index contributed by atoms with van der Waals surface area (Å²) in [7, 11) is 0. The van der Waals surface area contributed by atoms with Crippen LogP contribution < -0.4 is 0 Å². The van der Waals surface area contributed by atoms with E-state index in [0.717, 1.165) is 0 Å². The van der Waals surface area contributed by atoms with E-state index in [1.165, 1.54) is 0 Å². The van der Waals surface area contributed by atoms with Gasteiger partial charge in [0.05, 0.1) is 5.60 Å². The van der Waals surface area contributed by atoms with Crippen LogP contribution in [0.5, 0.6) is 0 Å². The lowest BCUT2D eigenvalue weighted by molar-refractivity contribution is -0.148. The Morgan fingerprint density at radius 1 is 1.00 bits per heavy atom. The predicted molar refractivity (Wildman–Crippen MR) is 60.5 cm³/mol. The summed E-state index contributed by atoms with van der Waals surface area (Å²) in [5, 5.41) is 10.3. The van der Waals surface area contributed by atoms with Crippen LogP contribution in [0.2, 0.25) is 0 Å². The summed E-state index contributed by atoms with van der Waals surface area (Å²) in [5.41, 5.74) is -0.808. The lowest BCUT2D eigenvalue weighted by Crippen LogP contribution is -2.27. The fourth-order valence-corrected chi connectivity index (χ4v) is 1.92. The summed E-state index contributed by atoms with van der Waals surface area (Å²) in [5.74, 6) is 0. The highest BCUT2D eigenvalue weighted by atomic mass is 19.4. The number of benzene rings is 1. The molecule has 0 aromatic heterocycles. The largest absolute Gasteiger partial charge is 0.389 e. The zero-order valence-corrected chi connectivity index (χ0v) is 9.80. The van der Waals surface area contributed by atoms with Gasteiger partial charge in [0.2, 0.25) is 0 Å². The Morgan fingerprint density at radius 3 is 2.06 bits per heavy atom. The van der Waals surface area contributed by atoms with Crippen molar-refractivity contribution in [3.05, 3.63) is 35.9 Å². The summed E-state index contributed by atoms with van der Waals surface area (Å²) in [6.45, 7) is 1.85. The van der Waals surface area contributed by atoms with Crippen molar-refractivity contribution < 1.29 is 18.3 Å². The lowest BCUT2D eigenvalue weighted by Gasteiger charge is -2.29. The topological polar surface area (TPSA) is 20.2 Å².